The molecule has 0 spiro atoms. The van der Waals surface area contributed by atoms with Crippen molar-refractivity contribution in [2.75, 3.05) is 18.1 Å². The molecule has 3 heterocycles. The van der Waals surface area contributed by atoms with Gasteiger partial charge in [0.05, 0.1) is 23.5 Å². The van der Waals surface area contributed by atoms with E-state index in [9.17, 15) is 9.90 Å². The van der Waals surface area contributed by atoms with Crippen molar-refractivity contribution in [3.8, 4) is 5.75 Å². The normalized spacial score (nSPS) is 29.1. The van der Waals surface area contributed by atoms with Crippen LogP contribution in [0.5, 0.6) is 5.75 Å². The minimum absolute atomic E-state index is 0.225. The summed E-state index contributed by atoms with van der Waals surface area (Å²) in [6, 6.07) is 5.20. The number of ether oxygens (including phenoxy) is 2. The predicted molar refractivity (Wildman–Crippen MR) is 91.3 cm³/mol. The van der Waals surface area contributed by atoms with Gasteiger partial charge in [-0.3, -0.25) is 4.90 Å². The van der Waals surface area contributed by atoms with E-state index >= 15 is 0 Å². The van der Waals surface area contributed by atoms with E-state index in [0.29, 0.717) is 11.4 Å². The lowest BCUT2D eigenvalue weighted by Gasteiger charge is -2.32. The van der Waals surface area contributed by atoms with Crippen molar-refractivity contribution < 1.29 is 28.7 Å². The molecule has 8 heteroatoms. The van der Waals surface area contributed by atoms with Gasteiger partial charge in [0.2, 0.25) is 0 Å². The summed E-state index contributed by atoms with van der Waals surface area (Å²) in [6.07, 6.45) is -1.03. The van der Waals surface area contributed by atoms with Gasteiger partial charge in [-0.05, 0) is 45.3 Å². The number of carbonyl (C=O) groups excluding carboxylic acids is 1. The third-order valence-corrected chi connectivity index (χ3v) is 5.57. The molecule has 3 aliphatic heterocycles. The Kier molecular flexibility index (Phi) is 3.58. The largest absolute Gasteiger partial charge is 0.494 e. The molecule has 1 unspecified atom stereocenters. The summed E-state index contributed by atoms with van der Waals surface area (Å²) in [5.74, 6) is 0.582. The molecule has 1 amide bonds. The number of aliphatic hydroxyl groups is 1. The minimum Gasteiger partial charge on any atom is -0.489 e. The summed E-state index contributed by atoms with van der Waals surface area (Å²) in [4.78, 5) is 13.7. The van der Waals surface area contributed by atoms with Gasteiger partial charge in [0.15, 0.2) is 6.10 Å². The van der Waals surface area contributed by atoms with Crippen LogP contribution in [0.15, 0.2) is 18.2 Å². The molecule has 1 N–H and O–H groups in total. The highest BCUT2D eigenvalue weighted by molar-refractivity contribution is 6.62. The molecule has 1 aromatic carbocycles. The third kappa shape index (κ3) is 2.43. The topological polar surface area (TPSA) is 77.5 Å². The van der Waals surface area contributed by atoms with Crippen LogP contribution in [0.3, 0.4) is 0 Å². The Balaban J connectivity index is 1.64. The molecule has 2 fully saturated rings. The molecule has 0 radical (unpaired) electrons. The van der Waals surface area contributed by atoms with E-state index in [0.717, 1.165) is 5.46 Å². The molecule has 2 atom stereocenters. The summed E-state index contributed by atoms with van der Waals surface area (Å²) in [7, 11) is -0.493. The van der Waals surface area contributed by atoms with Crippen molar-refractivity contribution in [3.63, 3.8) is 0 Å². The van der Waals surface area contributed by atoms with Crippen molar-refractivity contribution in [1.82, 2.24) is 0 Å². The van der Waals surface area contributed by atoms with Crippen LogP contribution in [0.2, 0.25) is 0 Å². The van der Waals surface area contributed by atoms with Crippen molar-refractivity contribution in [3.05, 3.63) is 18.2 Å². The Bertz CT molecular complexity index is 705. The second-order valence-electron chi connectivity index (χ2n) is 7.67. The first-order valence-electron chi connectivity index (χ1n) is 8.46. The molecule has 7 nitrogen and oxygen atoms in total. The van der Waals surface area contributed by atoms with Crippen LogP contribution in [0.1, 0.15) is 27.7 Å². The number of rotatable bonds is 2. The Morgan fingerprint density at radius 2 is 1.92 bits per heavy atom. The molecule has 0 saturated carbocycles. The first kappa shape index (κ1) is 16.7. The van der Waals surface area contributed by atoms with E-state index in [1.807, 2.05) is 45.9 Å². The summed E-state index contributed by atoms with van der Waals surface area (Å²) < 4.78 is 23.2. The van der Waals surface area contributed by atoms with Gasteiger partial charge in [0.1, 0.15) is 18.4 Å². The van der Waals surface area contributed by atoms with Gasteiger partial charge in [-0.1, -0.05) is 6.07 Å². The van der Waals surface area contributed by atoms with E-state index in [-0.39, 0.29) is 19.3 Å². The molecule has 134 valence electrons. The Labute approximate surface area is 146 Å². The number of hydrogen-bond acceptors (Lipinski definition) is 6. The van der Waals surface area contributed by atoms with Crippen LogP contribution < -0.4 is 15.1 Å². The maximum atomic E-state index is 12.1. The molecule has 0 aliphatic carbocycles. The molecule has 2 saturated heterocycles. The predicted octanol–water partition coefficient (Wildman–Crippen LogP) is 1.06. The Morgan fingerprint density at radius 1 is 1.24 bits per heavy atom. The van der Waals surface area contributed by atoms with Crippen molar-refractivity contribution in [2.45, 2.75) is 51.0 Å². The lowest BCUT2D eigenvalue weighted by molar-refractivity contribution is 0.00578. The van der Waals surface area contributed by atoms with Crippen LogP contribution >= 0.6 is 0 Å². The fourth-order valence-corrected chi connectivity index (χ4v) is 3.33. The number of hydrogen-bond donors (Lipinski definition) is 1. The highest BCUT2D eigenvalue weighted by Gasteiger charge is 2.52. The number of nitrogens with zero attached hydrogens (tertiary/aromatic N) is 1. The highest BCUT2D eigenvalue weighted by atomic mass is 16.7. The molecular weight excluding hydrogens is 325 g/mol. The molecule has 0 aromatic heterocycles. The van der Waals surface area contributed by atoms with E-state index in [1.165, 1.54) is 0 Å². The molecule has 4 rings (SSSR count). The third-order valence-electron chi connectivity index (χ3n) is 5.57. The number of carbonyl (C=O) groups is 1. The summed E-state index contributed by atoms with van der Waals surface area (Å²) >= 11 is 0. The zero-order chi connectivity index (χ0) is 18.0. The first-order valence-corrected chi connectivity index (χ1v) is 8.46. The number of amides is 1. The SMILES string of the molecule is CC1(C)OB(c2ccc3c(c2)OC[C@H]2C(CO)OC(=O)N32)OC1(C)C. The summed E-state index contributed by atoms with van der Waals surface area (Å²) in [5, 5.41) is 9.36. The fraction of sp³-hybridized carbons (Fsp3) is 0.588. The zero-order valence-electron chi connectivity index (χ0n) is 14.8. The van der Waals surface area contributed by atoms with Gasteiger partial charge in [-0.2, -0.15) is 0 Å². The van der Waals surface area contributed by atoms with Gasteiger partial charge in [-0.25, -0.2) is 4.79 Å². The Morgan fingerprint density at radius 3 is 2.56 bits per heavy atom. The second-order valence-corrected chi connectivity index (χ2v) is 7.67. The number of cyclic esters (lactones) is 1. The van der Waals surface area contributed by atoms with Crippen molar-refractivity contribution in [2.24, 2.45) is 0 Å². The molecule has 0 bridgehead atoms. The van der Waals surface area contributed by atoms with Crippen LogP contribution in [0.4, 0.5) is 10.5 Å². The number of aliphatic hydroxyl groups excluding tert-OH is 1. The van der Waals surface area contributed by atoms with E-state index in [1.54, 1.807) is 4.90 Å². The molecule has 1 aromatic rings. The monoisotopic (exact) mass is 347 g/mol. The van der Waals surface area contributed by atoms with Crippen LogP contribution in [0, 0.1) is 0 Å². The minimum atomic E-state index is -0.566. The van der Waals surface area contributed by atoms with Crippen molar-refractivity contribution in [1.29, 1.82) is 0 Å². The lowest BCUT2D eigenvalue weighted by atomic mass is 9.78. The van der Waals surface area contributed by atoms with E-state index < -0.39 is 30.5 Å². The van der Waals surface area contributed by atoms with Gasteiger partial charge in [0, 0.05) is 0 Å². The number of fused-ring (bicyclic) bond motifs is 3. The van der Waals surface area contributed by atoms with Gasteiger partial charge >= 0.3 is 13.2 Å². The molecule has 3 aliphatic rings. The highest BCUT2D eigenvalue weighted by Crippen LogP contribution is 2.40. The summed E-state index contributed by atoms with van der Waals surface area (Å²) in [6.45, 7) is 8.06. The van der Waals surface area contributed by atoms with Crippen LogP contribution in [0.25, 0.3) is 0 Å². The lowest BCUT2D eigenvalue weighted by Crippen LogP contribution is -2.46. The van der Waals surface area contributed by atoms with Crippen LogP contribution in [-0.4, -0.2) is 54.9 Å². The smallest absolute Gasteiger partial charge is 0.489 e. The van der Waals surface area contributed by atoms with E-state index in [4.69, 9.17) is 18.8 Å². The average Bonchev–Trinajstić information content (AvgIpc) is 3.00. The zero-order valence-corrected chi connectivity index (χ0v) is 14.8. The van der Waals surface area contributed by atoms with Crippen molar-refractivity contribution >= 4 is 24.4 Å². The number of anilines is 1. The Hall–Kier alpha value is -1.77. The maximum absolute atomic E-state index is 12.1. The second kappa shape index (κ2) is 5.36. The van der Waals surface area contributed by atoms with Gasteiger partial charge in [-0.15, -0.1) is 0 Å². The van der Waals surface area contributed by atoms with Gasteiger partial charge < -0.3 is 23.9 Å². The van der Waals surface area contributed by atoms with E-state index in [2.05, 4.69) is 0 Å². The van der Waals surface area contributed by atoms with Gasteiger partial charge in [0.25, 0.3) is 0 Å². The maximum Gasteiger partial charge on any atom is 0.494 e. The summed E-state index contributed by atoms with van der Waals surface area (Å²) in [5.41, 5.74) is 0.624. The fourth-order valence-electron chi connectivity index (χ4n) is 3.33. The average molecular weight is 347 g/mol. The number of benzene rings is 1. The molecular formula is C17H22BNO6. The standard InChI is InChI=1S/C17H22BNO6/c1-16(2)17(3,4)25-18(24-16)10-5-6-11-13(7-10)22-9-12-14(8-20)23-15(21)19(11)12/h5-7,12,14,20H,8-9H2,1-4H3/t12-,14?/m0/s1. The first-order chi connectivity index (χ1) is 11.7. The quantitative estimate of drug-likeness (QED) is 0.807. The molecule has 25 heavy (non-hydrogen) atoms. The van der Waals surface area contributed by atoms with Crippen LogP contribution in [-0.2, 0) is 14.0 Å².